The van der Waals surface area contributed by atoms with Crippen LogP contribution in [0, 0.1) is 5.92 Å². The van der Waals surface area contributed by atoms with Gasteiger partial charge in [0.05, 0.1) is 6.61 Å². The van der Waals surface area contributed by atoms with E-state index in [1.54, 1.807) is 0 Å². The van der Waals surface area contributed by atoms with E-state index in [2.05, 4.69) is 12.2 Å². The summed E-state index contributed by atoms with van der Waals surface area (Å²) < 4.78 is 5.51. The summed E-state index contributed by atoms with van der Waals surface area (Å²) >= 11 is 12.2. The second-order valence-corrected chi connectivity index (χ2v) is 5.96. The lowest BCUT2D eigenvalue weighted by Gasteiger charge is -2.26. The molecule has 19 heavy (non-hydrogen) atoms. The zero-order valence-corrected chi connectivity index (χ0v) is 12.8. The number of benzene rings is 1. The van der Waals surface area contributed by atoms with Gasteiger partial charge in [0, 0.05) is 29.2 Å². The van der Waals surface area contributed by atoms with Gasteiger partial charge in [0.2, 0.25) is 0 Å². The van der Waals surface area contributed by atoms with Crippen molar-refractivity contribution in [2.24, 2.45) is 5.92 Å². The Balaban J connectivity index is 1.95. The van der Waals surface area contributed by atoms with Crippen molar-refractivity contribution in [1.82, 2.24) is 5.32 Å². The maximum absolute atomic E-state index is 6.28. The van der Waals surface area contributed by atoms with Crippen LogP contribution >= 0.6 is 23.2 Å². The van der Waals surface area contributed by atoms with Crippen molar-refractivity contribution in [3.8, 4) is 0 Å². The molecule has 1 fully saturated rings. The van der Waals surface area contributed by atoms with E-state index in [0.717, 1.165) is 36.8 Å². The quantitative estimate of drug-likeness (QED) is 0.867. The zero-order chi connectivity index (χ0) is 13.7. The van der Waals surface area contributed by atoms with Crippen LogP contribution in [0.4, 0.5) is 0 Å². The predicted octanol–water partition coefficient (Wildman–Crippen LogP) is 4.46. The molecule has 0 aliphatic carbocycles. The van der Waals surface area contributed by atoms with Gasteiger partial charge < -0.3 is 10.1 Å². The Morgan fingerprint density at radius 1 is 1.42 bits per heavy atom. The topological polar surface area (TPSA) is 21.3 Å². The molecule has 1 saturated heterocycles. The van der Waals surface area contributed by atoms with Gasteiger partial charge in [0.25, 0.3) is 0 Å². The van der Waals surface area contributed by atoms with E-state index in [-0.39, 0.29) is 6.04 Å². The van der Waals surface area contributed by atoms with Crippen molar-refractivity contribution in [2.45, 2.75) is 32.2 Å². The van der Waals surface area contributed by atoms with E-state index >= 15 is 0 Å². The molecule has 1 aromatic carbocycles. The smallest absolute Gasteiger partial charge is 0.0506 e. The van der Waals surface area contributed by atoms with E-state index in [0.29, 0.717) is 10.9 Å². The highest BCUT2D eigenvalue weighted by atomic mass is 35.5. The molecule has 2 rings (SSSR count). The second-order valence-electron chi connectivity index (χ2n) is 5.12. The molecule has 0 amide bonds. The molecule has 1 aromatic rings. The SMILES string of the molecule is CCC(NCC1CCCOC1)c1ccc(Cl)cc1Cl. The minimum Gasteiger partial charge on any atom is -0.381 e. The van der Waals surface area contributed by atoms with Crippen LogP contribution in [0.1, 0.15) is 37.8 Å². The Hall–Kier alpha value is -0.280. The minimum absolute atomic E-state index is 0.284. The van der Waals surface area contributed by atoms with Crippen LogP contribution in [0.25, 0.3) is 0 Å². The summed E-state index contributed by atoms with van der Waals surface area (Å²) in [6.45, 7) is 4.94. The van der Waals surface area contributed by atoms with Gasteiger partial charge in [-0.2, -0.15) is 0 Å². The summed E-state index contributed by atoms with van der Waals surface area (Å²) in [6.07, 6.45) is 3.43. The molecule has 1 N–H and O–H groups in total. The van der Waals surface area contributed by atoms with E-state index in [4.69, 9.17) is 27.9 Å². The molecule has 0 spiro atoms. The molecule has 0 bridgehead atoms. The molecule has 1 aliphatic heterocycles. The van der Waals surface area contributed by atoms with Gasteiger partial charge in [-0.25, -0.2) is 0 Å². The summed E-state index contributed by atoms with van der Waals surface area (Å²) in [4.78, 5) is 0. The highest BCUT2D eigenvalue weighted by Crippen LogP contribution is 2.28. The van der Waals surface area contributed by atoms with E-state index in [9.17, 15) is 0 Å². The van der Waals surface area contributed by atoms with Gasteiger partial charge in [-0.15, -0.1) is 0 Å². The standard InChI is InChI=1S/C15H21Cl2NO/c1-2-15(13-6-5-12(16)8-14(13)17)18-9-11-4-3-7-19-10-11/h5-6,8,11,15,18H,2-4,7,9-10H2,1H3. The number of hydrogen-bond acceptors (Lipinski definition) is 2. The highest BCUT2D eigenvalue weighted by Gasteiger charge is 2.17. The number of rotatable bonds is 5. The maximum Gasteiger partial charge on any atom is 0.0506 e. The third kappa shape index (κ3) is 4.35. The molecule has 0 saturated carbocycles. The lowest BCUT2D eigenvalue weighted by atomic mass is 10.00. The van der Waals surface area contributed by atoms with Crippen LogP contribution in [0.15, 0.2) is 18.2 Å². The fourth-order valence-corrected chi connectivity index (χ4v) is 3.08. The van der Waals surface area contributed by atoms with Crippen LogP contribution in [-0.2, 0) is 4.74 Å². The molecule has 2 unspecified atom stereocenters. The van der Waals surface area contributed by atoms with Gasteiger partial charge in [-0.1, -0.05) is 36.2 Å². The molecule has 1 aliphatic rings. The third-order valence-electron chi connectivity index (χ3n) is 3.65. The highest BCUT2D eigenvalue weighted by molar-refractivity contribution is 6.35. The van der Waals surface area contributed by atoms with Crippen molar-refractivity contribution >= 4 is 23.2 Å². The molecule has 2 atom stereocenters. The fourth-order valence-electron chi connectivity index (χ4n) is 2.54. The molecular formula is C15H21Cl2NO. The molecule has 106 valence electrons. The molecule has 0 aromatic heterocycles. The first kappa shape index (κ1) is 15.1. The number of halogens is 2. The van der Waals surface area contributed by atoms with E-state index in [1.165, 1.54) is 12.8 Å². The Morgan fingerprint density at radius 2 is 2.26 bits per heavy atom. The van der Waals surface area contributed by atoms with Crippen LogP contribution in [0.5, 0.6) is 0 Å². The Morgan fingerprint density at radius 3 is 2.89 bits per heavy atom. The first-order valence-electron chi connectivity index (χ1n) is 6.96. The molecule has 4 heteroatoms. The van der Waals surface area contributed by atoms with Gasteiger partial charge in [-0.3, -0.25) is 0 Å². The molecule has 2 nitrogen and oxygen atoms in total. The minimum atomic E-state index is 0.284. The molecule has 1 heterocycles. The van der Waals surface area contributed by atoms with Crippen molar-refractivity contribution in [2.75, 3.05) is 19.8 Å². The third-order valence-corrected chi connectivity index (χ3v) is 4.22. The summed E-state index contributed by atoms with van der Waals surface area (Å²) in [6, 6.07) is 6.01. The largest absolute Gasteiger partial charge is 0.381 e. The monoisotopic (exact) mass is 301 g/mol. The first-order valence-corrected chi connectivity index (χ1v) is 7.72. The number of nitrogens with one attached hydrogen (secondary N) is 1. The predicted molar refractivity (Wildman–Crippen MR) is 81.0 cm³/mol. The van der Waals surface area contributed by atoms with Crippen LogP contribution in [0.3, 0.4) is 0 Å². The van der Waals surface area contributed by atoms with Crippen molar-refractivity contribution in [3.63, 3.8) is 0 Å². The molecular weight excluding hydrogens is 281 g/mol. The Bertz CT molecular complexity index is 405. The maximum atomic E-state index is 6.28. The second kappa shape index (κ2) is 7.49. The van der Waals surface area contributed by atoms with Crippen LogP contribution in [-0.4, -0.2) is 19.8 Å². The van der Waals surface area contributed by atoms with Gasteiger partial charge in [0.1, 0.15) is 0 Å². The van der Waals surface area contributed by atoms with Gasteiger partial charge >= 0.3 is 0 Å². The van der Waals surface area contributed by atoms with Crippen molar-refractivity contribution in [1.29, 1.82) is 0 Å². The Kier molecular flexibility index (Phi) is 5.96. The number of ether oxygens (including phenoxy) is 1. The van der Waals surface area contributed by atoms with Crippen molar-refractivity contribution < 1.29 is 4.74 Å². The normalized spacial score (nSPS) is 21.3. The summed E-state index contributed by atoms with van der Waals surface area (Å²) in [5, 5.41) is 5.04. The average molecular weight is 302 g/mol. The Labute approximate surface area is 125 Å². The van der Waals surface area contributed by atoms with Gasteiger partial charge in [0.15, 0.2) is 0 Å². The summed E-state index contributed by atoms with van der Waals surface area (Å²) in [7, 11) is 0. The van der Waals surface area contributed by atoms with Crippen molar-refractivity contribution in [3.05, 3.63) is 33.8 Å². The van der Waals surface area contributed by atoms with E-state index in [1.807, 2.05) is 18.2 Å². The van der Waals surface area contributed by atoms with Gasteiger partial charge in [-0.05, 0) is 42.9 Å². The van der Waals surface area contributed by atoms with Crippen LogP contribution in [0.2, 0.25) is 10.0 Å². The average Bonchev–Trinajstić information content (AvgIpc) is 2.42. The first-order chi connectivity index (χ1) is 9.20. The fraction of sp³-hybridized carbons (Fsp3) is 0.600. The van der Waals surface area contributed by atoms with E-state index < -0.39 is 0 Å². The lowest BCUT2D eigenvalue weighted by molar-refractivity contribution is 0.0537. The molecule has 0 radical (unpaired) electrons. The summed E-state index contributed by atoms with van der Waals surface area (Å²) in [5.74, 6) is 0.619. The number of hydrogen-bond donors (Lipinski definition) is 1. The zero-order valence-electron chi connectivity index (χ0n) is 11.3. The summed E-state index contributed by atoms with van der Waals surface area (Å²) in [5.41, 5.74) is 1.13. The van der Waals surface area contributed by atoms with Crippen LogP contribution < -0.4 is 5.32 Å². The lowest BCUT2D eigenvalue weighted by Crippen LogP contribution is -2.31.